The number of aryl methyl sites for hydroxylation is 2. The van der Waals surface area contributed by atoms with Crippen LogP contribution in [0.2, 0.25) is 0 Å². The number of hydrogen-bond donors (Lipinski definition) is 0. The quantitative estimate of drug-likeness (QED) is 0.758. The van der Waals surface area contributed by atoms with Gasteiger partial charge >= 0.3 is 5.97 Å². The van der Waals surface area contributed by atoms with E-state index in [0.717, 1.165) is 22.4 Å². The lowest BCUT2D eigenvalue weighted by Crippen LogP contribution is -2.46. The summed E-state index contributed by atoms with van der Waals surface area (Å²) in [6.45, 7) is 9.71. The first-order valence-electron chi connectivity index (χ1n) is 7.39. The molecule has 5 nitrogen and oxygen atoms in total. The molecule has 122 valence electrons. The first-order chi connectivity index (χ1) is 10.3. The van der Waals surface area contributed by atoms with Gasteiger partial charge < -0.3 is 9.47 Å². The van der Waals surface area contributed by atoms with Crippen molar-refractivity contribution in [3.8, 4) is 0 Å². The van der Waals surface area contributed by atoms with Gasteiger partial charge in [0.1, 0.15) is 12.6 Å². The molecule has 0 heterocycles. The Morgan fingerprint density at radius 1 is 1.18 bits per heavy atom. The van der Waals surface area contributed by atoms with Crippen LogP contribution >= 0.6 is 0 Å². The summed E-state index contributed by atoms with van der Waals surface area (Å²) in [7, 11) is 1.32. The van der Waals surface area contributed by atoms with Gasteiger partial charge in [-0.15, -0.1) is 0 Å². The molecule has 1 aromatic rings. The summed E-state index contributed by atoms with van der Waals surface area (Å²) in [5.41, 5.74) is 3.72. The zero-order valence-corrected chi connectivity index (χ0v) is 14.2. The predicted molar refractivity (Wildman–Crippen MR) is 86.1 cm³/mol. The van der Waals surface area contributed by atoms with Crippen LogP contribution in [0.25, 0.3) is 0 Å². The first kappa shape index (κ1) is 18.2. The second-order valence-electron chi connectivity index (χ2n) is 5.27. The lowest BCUT2D eigenvalue weighted by atomic mass is 10.0. The fourth-order valence-corrected chi connectivity index (χ4v) is 2.38. The van der Waals surface area contributed by atoms with Gasteiger partial charge in [-0.2, -0.15) is 0 Å². The minimum absolute atomic E-state index is 0.0648. The average molecular weight is 307 g/mol. The van der Waals surface area contributed by atoms with Gasteiger partial charge in [0.2, 0.25) is 0 Å². The standard InChI is InChI=1S/C17H25NO4/c1-7-22-10-15(19)18(14(5)17(20)21-6)16-12(3)9-8-11(2)13(16)4/h8-9,14H,7,10H2,1-6H3. The molecule has 0 aromatic heterocycles. The normalized spacial score (nSPS) is 11.9. The van der Waals surface area contributed by atoms with Crippen LogP contribution in [0.15, 0.2) is 12.1 Å². The minimum Gasteiger partial charge on any atom is -0.467 e. The summed E-state index contributed by atoms with van der Waals surface area (Å²) in [5.74, 6) is -0.707. The van der Waals surface area contributed by atoms with E-state index >= 15 is 0 Å². The molecule has 5 heteroatoms. The Hall–Kier alpha value is -1.88. The first-order valence-corrected chi connectivity index (χ1v) is 7.39. The molecule has 0 saturated carbocycles. The smallest absolute Gasteiger partial charge is 0.328 e. The average Bonchev–Trinajstić information content (AvgIpc) is 2.51. The van der Waals surface area contributed by atoms with Gasteiger partial charge in [0.25, 0.3) is 5.91 Å². The van der Waals surface area contributed by atoms with E-state index in [0.29, 0.717) is 6.61 Å². The summed E-state index contributed by atoms with van der Waals surface area (Å²) in [5, 5.41) is 0. The molecule has 1 amide bonds. The molecule has 0 bridgehead atoms. The number of rotatable bonds is 6. The molecule has 0 radical (unpaired) electrons. The third-order valence-corrected chi connectivity index (χ3v) is 3.77. The molecule has 0 aliphatic rings. The van der Waals surface area contributed by atoms with Gasteiger partial charge in [-0.05, 0) is 51.3 Å². The molecule has 0 fully saturated rings. The van der Waals surface area contributed by atoms with Crippen LogP contribution in [0, 0.1) is 20.8 Å². The van der Waals surface area contributed by atoms with Crippen molar-refractivity contribution in [1.82, 2.24) is 0 Å². The van der Waals surface area contributed by atoms with Crippen molar-refractivity contribution in [2.24, 2.45) is 0 Å². The van der Waals surface area contributed by atoms with E-state index in [4.69, 9.17) is 9.47 Å². The third-order valence-electron chi connectivity index (χ3n) is 3.77. The fraction of sp³-hybridized carbons (Fsp3) is 0.529. The van der Waals surface area contributed by atoms with Crippen molar-refractivity contribution in [3.63, 3.8) is 0 Å². The number of methoxy groups -OCH3 is 1. The lowest BCUT2D eigenvalue weighted by molar-refractivity contribution is -0.143. The number of nitrogens with zero attached hydrogens (tertiary/aromatic N) is 1. The molecule has 0 saturated heterocycles. The van der Waals surface area contributed by atoms with Gasteiger partial charge in [-0.3, -0.25) is 9.69 Å². The monoisotopic (exact) mass is 307 g/mol. The second-order valence-corrected chi connectivity index (χ2v) is 5.27. The van der Waals surface area contributed by atoms with E-state index in [-0.39, 0.29) is 12.5 Å². The molecule has 0 aliphatic heterocycles. The van der Waals surface area contributed by atoms with Crippen LogP contribution in [0.3, 0.4) is 0 Å². The molecule has 0 spiro atoms. The van der Waals surface area contributed by atoms with Gasteiger partial charge in [0.05, 0.1) is 12.8 Å². The number of anilines is 1. The SMILES string of the molecule is CCOCC(=O)N(c1c(C)ccc(C)c1C)C(C)C(=O)OC. The third kappa shape index (κ3) is 3.85. The minimum atomic E-state index is -0.711. The molecule has 1 rings (SSSR count). The number of benzene rings is 1. The summed E-state index contributed by atoms with van der Waals surface area (Å²) in [6.07, 6.45) is 0. The Labute approximate surface area is 132 Å². The highest BCUT2D eigenvalue weighted by Crippen LogP contribution is 2.29. The van der Waals surface area contributed by atoms with Crippen molar-refractivity contribution >= 4 is 17.6 Å². The Morgan fingerprint density at radius 3 is 2.32 bits per heavy atom. The maximum Gasteiger partial charge on any atom is 0.328 e. The van der Waals surface area contributed by atoms with Crippen molar-refractivity contribution in [2.75, 3.05) is 25.2 Å². The van der Waals surface area contributed by atoms with Crippen molar-refractivity contribution < 1.29 is 19.1 Å². The number of carbonyl (C=O) groups excluding carboxylic acids is 2. The largest absolute Gasteiger partial charge is 0.467 e. The topological polar surface area (TPSA) is 55.8 Å². The maximum absolute atomic E-state index is 12.6. The number of esters is 1. The zero-order valence-electron chi connectivity index (χ0n) is 14.2. The summed E-state index contributed by atoms with van der Waals surface area (Å²) in [6, 6.07) is 3.24. The Balaban J connectivity index is 3.35. The molecule has 1 aromatic carbocycles. The molecule has 1 atom stereocenters. The molecular weight excluding hydrogens is 282 g/mol. The molecule has 0 aliphatic carbocycles. The molecular formula is C17H25NO4. The number of carbonyl (C=O) groups is 2. The molecule has 0 N–H and O–H groups in total. The van der Waals surface area contributed by atoms with E-state index in [1.165, 1.54) is 12.0 Å². The van der Waals surface area contributed by atoms with Crippen molar-refractivity contribution in [2.45, 2.75) is 40.7 Å². The van der Waals surface area contributed by atoms with Crippen LogP contribution in [0.1, 0.15) is 30.5 Å². The Kier molecular flexibility index (Phi) is 6.56. The highest BCUT2D eigenvalue weighted by Gasteiger charge is 2.30. The second kappa shape index (κ2) is 7.94. The maximum atomic E-state index is 12.6. The van der Waals surface area contributed by atoms with Gasteiger partial charge in [0, 0.05) is 6.61 Å². The van der Waals surface area contributed by atoms with Crippen LogP contribution < -0.4 is 4.90 Å². The van der Waals surface area contributed by atoms with Gasteiger partial charge in [0.15, 0.2) is 0 Å². The molecule has 22 heavy (non-hydrogen) atoms. The van der Waals surface area contributed by atoms with Crippen LogP contribution in [0.5, 0.6) is 0 Å². The van der Waals surface area contributed by atoms with Gasteiger partial charge in [-0.1, -0.05) is 12.1 Å². The zero-order chi connectivity index (χ0) is 16.9. The summed E-state index contributed by atoms with van der Waals surface area (Å²) >= 11 is 0. The van der Waals surface area contributed by atoms with E-state index < -0.39 is 12.0 Å². The van der Waals surface area contributed by atoms with E-state index in [9.17, 15) is 9.59 Å². The van der Waals surface area contributed by atoms with Crippen LogP contribution in [-0.4, -0.2) is 38.2 Å². The van der Waals surface area contributed by atoms with Gasteiger partial charge in [-0.25, -0.2) is 4.79 Å². The molecule has 1 unspecified atom stereocenters. The van der Waals surface area contributed by atoms with Crippen molar-refractivity contribution in [1.29, 1.82) is 0 Å². The predicted octanol–water partition coefficient (Wildman–Crippen LogP) is 2.54. The van der Waals surface area contributed by atoms with Crippen LogP contribution in [-0.2, 0) is 19.1 Å². The lowest BCUT2D eigenvalue weighted by Gasteiger charge is -2.31. The van der Waals surface area contributed by atoms with E-state index in [2.05, 4.69) is 0 Å². The number of hydrogen-bond acceptors (Lipinski definition) is 4. The highest BCUT2D eigenvalue weighted by atomic mass is 16.5. The van der Waals surface area contributed by atoms with Crippen LogP contribution in [0.4, 0.5) is 5.69 Å². The van der Waals surface area contributed by atoms with Crippen molar-refractivity contribution in [3.05, 3.63) is 28.8 Å². The van der Waals surface area contributed by atoms with E-state index in [1.807, 2.05) is 39.8 Å². The number of ether oxygens (including phenoxy) is 2. The highest BCUT2D eigenvalue weighted by molar-refractivity contribution is 6.01. The van der Waals surface area contributed by atoms with E-state index in [1.54, 1.807) is 6.92 Å². The fourth-order valence-electron chi connectivity index (χ4n) is 2.38. The number of amides is 1. The summed E-state index contributed by atoms with van der Waals surface area (Å²) in [4.78, 5) is 26.0. The summed E-state index contributed by atoms with van der Waals surface area (Å²) < 4.78 is 10.0. The Morgan fingerprint density at radius 2 is 1.77 bits per heavy atom. The Bertz CT molecular complexity index is 554.